The summed E-state index contributed by atoms with van der Waals surface area (Å²) in [4.78, 5) is 9.19. The molecule has 0 spiro atoms. The molecule has 0 bridgehead atoms. The van der Waals surface area contributed by atoms with Crippen LogP contribution in [0.4, 0.5) is 4.39 Å². The van der Waals surface area contributed by atoms with Gasteiger partial charge in [-0.25, -0.2) is 14.4 Å². The smallest absolute Gasteiger partial charge is 0.157 e. The Kier molecular flexibility index (Phi) is 4.28. The molecule has 0 radical (unpaired) electrons. The first-order valence-electron chi connectivity index (χ1n) is 9.29. The van der Waals surface area contributed by atoms with Crippen molar-refractivity contribution >= 4 is 33.5 Å². The van der Waals surface area contributed by atoms with E-state index >= 15 is 0 Å². The van der Waals surface area contributed by atoms with Gasteiger partial charge in [0.25, 0.3) is 0 Å². The van der Waals surface area contributed by atoms with E-state index in [9.17, 15) is 4.39 Å². The second-order valence-corrected chi connectivity index (χ2v) is 7.13. The van der Waals surface area contributed by atoms with Crippen molar-refractivity contribution in [2.24, 2.45) is 0 Å². The first kappa shape index (κ1) is 17.8. The molecule has 0 aliphatic heterocycles. The number of imidazole rings is 1. The highest BCUT2D eigenvalue weighted by Gasteiger charge is 2.18. The minimum absolute atomic E-state index is 0.285. The molecule has 0 aliphatic rings. The SMILES string of the molecule is CCc1nc2c(Cl)nc3ccccc3c2n1Cc1cc(-c2ccc(F)cc2)no1. The van der Waals surface area contributed by atoms with Crippen LogP contribution in [0.1, 0.15) is 18.5 Å². The molecule has 3 aromatic heterocycles. The lowest BCUT2D eigenvalue weighted by Crippen LogP contribution is -2.04. The van der Waals surface area contributed by atoms with Gasteiger partial charge in [0.1, 0.15) is 22.9 Å². The van der Waals surface area contributed by atoms with Crippen molar-refractivity contribution in [3.8, 4) is 11.3 Å². The minimum Gasteiger partial charge on any atom is -0.359 e. The first-order valence-corrected chi connectivity index (χ1v) is 9.66. The van der Waals surface area contributed by atoms with Gasteiger partial charge in [0.2, 0.25) is 0 Å². The van der Waals surface area contributed by atoms with Crippen molar-refractivity contribution in [3.63, 3.8) is 0 Å². The third kappa shape index (κ3) is 3.06. The van der Waals surface area contributed by atoms with Crippen LogP contribution in [0.5, 0.6) is 0 Å². The highest BCUT2D eigenvalue weighted by molar-refractivity contribution is 6.35. The molecule has 2 aromatic carbocycles. The van der Waals surface area contributed by atoms with E-state index in [1.54, 1.807) is 12.1 Å². The number of aryl methyl sites for hydroxylation is 1. The van der Waals surface area contributed by atoms with Gasteiger partial charge < -0.3 is 9.09 Å². The van der Waals surface area contributed by atoms with Crippen molar-refractivity contribution in [1.82, 2.24) is 19.7 Å². The summed E-state index contributed by atoms with van der Waals surface area (Å²) in [6, 6.07) is 15.9. The molecule has 3 heterocycles. The third-order valence-electron chi connectivity index (χ3n) is 4.95. The van der Waals surface area contributed by atoms with Crippen molar-refractivity contribution in [1.29, 1.82) is 0 Å². The number of rotatable bonds is 4. The van der Waals surface area contributed by atoms with E-state index in [-0.39, 0.29) is 5.82 Å². The summed E-state index contributed by atoms with van der Waals surface area (Å²) in [7, 11) is 0. The predicted molar refractivity (Wildman–Crippen MR) is 110 cm³/mol. The Morgan fingerprint density at radius 1 is 1.07 bits per heavy atom. The Balaban J connectivity index is 1.63. The molecule has 7 heteroatoms. The van der Waals surface area contributed by atoms with E-state index in [2.05, 4.69) is 14.7 Å². The van der Waals surface area contributed by atoms with Gasteiger partial charge in [-0.1, -0.05) is 41.9 Å². The summed E-state index contributed by atoms with van der Waals surface area (Å²) < 4.78 is 20.9. The summed E-state index contributed by atoms with van der Waals surface area (Å²) in [5.74, 6) is 1.28. The van der Waals surface area contributed by atoms with Gasteiger partial charge in [-0.2, -0.15) is 0 Å². The highest BCUT2D eigenvalue weighted by Crippen LogP contribution is 2.31. The van der Waals surface area contributed by atoms with Crippen molar-refractivity contribution in [3.05, 3.63) is 77.2 Å². The Hall–Kier alpha value is -3.25. The molecule has 0 fully saturated rings. The fourth-order valence-electron chi connectivity index (χ4n) is 3.59. The van der Waals surface area contributed by atoms with Crippen LogP contribution >= 0.6 is 11.6 Å². The molecule has 0 amide bonds. The highest BCUT2D eigenvalue weighted by atomic mass is 35.5. The van der Waals surface area contributed by atoms with Crippen LogP contribution in [0.15, 0.2) is 59.1 Å². The number of para-hydroxylation sites is 1. The van der Waals surface area contributed by atoms with Crippen molar-refractivity contribution in [2.75, 3.05) is 0 Å². The first-order chi connectivity index (χ1) is 14.1. The average Bonchev–Trinajstić information content (AvgIpc) is 3.34. The second-order valence-electron chi connectivity index (χ2n) is 6.77. The lowest BCUT2D eigenvalue weighted by molar-refractivity contribution is 0.378. The van der Waals surface area contributed by atoms with Crippen LogP contribution in [-0.2, 0) is 13.0 Å². The number of halogens is 2. The van der Waals surface area contributed by atoms with E-state index < -0.39 is 0 Å². The molecule has 5 aromatic rings. The number of pyridine rings is 1. The van der Waals surface area contributed by atoms with Gasteiger partial charge in [0.15, 0.2) is 10.9 Å². The van der Waals surface area contributed by atoms with Gasteiger partial charge in [0.05, 0.1) is 17.6 Å². The summed E-state index contributed by atoms with van der Waals surface area (Å²) in [5, 5.41) is 5.51. The monoisotopic (exact) mass is 406 g/mol. The number of hydrogen-bond acceptors (Lipinski definition) is 4. The van der Waals surface area contributed by atoms with Crippen molar-refractivity contribution < 1.29 is 8.91 Å². The zero-order valence-electron chi connectivity index (χ0n) is 15.6. The van der Waals surface area contributed by atoms with Crippen LogP contribution < -0.4 is 0 Å². The maximum absolute atomic E-state index is 13.2. The summed E-state index contributed by atoms with van der Waals surface area (Å²) in [5.41, 5.74) is 3.88. The van der Waals surface area contributed by atoms with Crippen molar-refractivity contribution in [2.45, 2.75) is 19.9 Å². The zero-order chi connectivity index (χ0) is 20.0. The molecule has 0 saturated carbocycles. The topological polar surface area (TPSA) is 56.7 Å². The Morgan fingerprint density at radius 2 is 1.86 bits per heavy atom. The lowest BCUT2D eigenvalue weighted by Gasteiger charge is -2.08. The predicted octanol–water partition coefficient (Wildman–Crippen LogP) is 5.64. The van der Waals surface area contributed by atoms with Gasteiger partial charge in [-0.15, -0.1) is 0 Å². The summed E-state index contributed by atoms with van der Waals surface area (Å²) >= 11 is 6.42. The maximum atomic E-state index is 13.2. The molecule has 0 aliphatic carbocycles. The van der Waals surface area contributed by atoms with Crippen LogP contribution in [0, 0.1) is 5.82 Å². The number of nitrogens with zero attached hydrogens (tertiary/aromatic N) is 4. The number of fused-ring (bicyclic) bond motifs is 3. The molecule has 0 saturated heterocycles. The number of aromatic nitrogens is 4. The Bertz CT molecular complexity index is 1340. The Morgan fingerprint density at radius 3 is 2.66 bits per heavy atom. The molecular formula is C22H16ClFN4O. The normalized spacial score (nSPS) is 11.6. The van der Waals surface area contributed by atoms with Gasteiger partial charge >= 0.3 is 0 Å². The second kappa shape index (κ2) is 6.97. The molecular weight excluding hydrogens is 391 g/mol. The number of hydrogen-bond donors (Lipinski definition) is 0. The van der Waals surface area contributed by atoms with E-state index in [0.29, 0.717) is 28.7 Å². The molecule has 5 rings (SSSR count). The molecule has 29 heavy (non-hydrogen) atoms. The van der Waals surface area contributed by atoms with Crippen LogP contribution in [-0.4, -0.2) is 19.7 Å². The molecule has 5 nitrogen and oxygen atoms in total. The fraction of sp³-hybridized carbons (Fsp3) is 0.136. The average molecular weight is 407 g/mol. The largest absolute Gasteiger partial charge is 0.359 e. The standard InChI is InChI=1S/C22H16ClFN4O/c1-2-19-26-20-21(16-5-3-4-6-17(16)25-22(20)23)28(19)12-15-11-18(27-29-15)13-7-9-14(24)10-8-13/h3-11H,2,12H2,1H3. The van der Waals surface area contributed by atoms with E-state index in [0.717, 1.165) is 34.2 Å². The van der Waals surface area contributed by atoms with Crippen LogP contribution in [0.25, 0.3) is 33.2 Å². The van der Waals surface area contributed by atoms with Gasteiger partial charge in [-0.05, 0) is 30.3 Å². The fourth-order valence-corrected chi connectivity index (χ4v) is 3.81. The molecule has 0 unspecified atom stereocenters. The molecule has 144 valence electrons. The lowest BCUT2D eigenvalue weighted by atomic mass is 10.1. The van der Waals surface area contributed by atoms with Gasteiger partial charge in [-0.3, -0.25) is 0 Å². The van der Waals surface area contributed by atoms with E-state index in [1.807, 2.05) is 37.3 Å². The quantitative estimate of drug-likeness (QED) is 0.362. The summed E-state index contributed by atoms with van der Waals surface area (Å²) in [6.45, 7) is 2.50. The molecule has 0 N–H and O–H groups in total. The summed E-state index contributed by atoms with van der Waals surface area (Å²) in [6.07, 6.45) is 0.734. The van der Waals surface area contributed by atoms with E-state index in [1.165, 1.54) is 12.1 Å². The van der Waals surface area contributed by atoms with E-state index in [4.69, 9.17) is 21.1 Å². The molecule has 0 atom stereocenters. The number of benzene rings is 2. The Labute approximate surface area is 170 Å². The van der Waals surface area contributed by atoms with Gasteiger partial charge in [0, 0.05) is 23.4 Å². The maximum Gasteiger partial charge on any atom is 0.157 e. The van der Waals surface area contributed by atoms with Crippen LogP contribution in [0.2, 0.25) is 5.15 Å². The zero-order valence-corrected chi connectivity index (χ0v) is 16.3. The minimum atomic E-state index is -0.285. The van der Waals surface area contributed by atoms with Crippen LogP contribution in [0.3, 0.4) is 0 Å². The third-order valence-corrected chi connectivity index (χ3v) is 5.21.